The van der Waals surface area contributed by atoms with Crippen molar-refractivity contribution >= 4 is 11.8 Å². The highest BCUT2D eigenvalue weighted by Gasteiger charge is 2.49. The van der Waals surface area contributed by atoms with Crippen LogP contribution in [0.5, 0.6) is 0 Å². The van der Waals surface area contributed by atoms with E-state index < -0.39 is 0 Å². The van der Waals surface area contributed by atoms with Crippen LogP contribution in [-0.2, 0) is 9.59 Å². The maximum Gasteiger partial charge on any atom is 0.239 e. The van der Waals surface area contributed by atoms with Crippen LogP contribution in [0.15, 0.2) is 0 Å². The van der Waals surface area contributed by atoms with Crippen LogP contribution < -0.4 is 16.4 Å². The van der Waals surface area contributed by atoms with E-state index in [0.29, 0.717) is 17.9 Å². The molecule has 3 aliphatic rings. The zero-order chi connectivity index (χ0) is 12.7. The first-order chi connectivity index (χ1) is 8.65. The summed E-state index contributed by atoms with van der Waals surface area (Å²) < 4.78 is 0. The zero-order valence-electron chi connectivity index (χ0n) is 10.5. The van der Waals surface area contributed by atoms with Gasteiger partial charge in [-0.2, -0.15) is 0 Å². The van der Waals surface area contributed by atoms with E-state index in [1.807, 2.05) is 0 Å². The lowest BCUT2D eigenvalue weighted by Gasteiger charge is -2.26. The zero-order valence-corrected chi connectivity index (χ0v) is 10.5. The number of carbonyl (C=O) groups is 2. The topological polar surface area (TPSA) is 84.2 Å². The molecule has 3 rings (SSSR count). The molecule has 18 heavy (non-hydrogen) atoms. The Labute approximate surface area is 107 Å². The fraction of sp³-hybridized carbons (Fsp3) is 0.846. The largest absolute Gasteiger partial charge is 0.352 e. The average Bonchev–Trinajstić information content (AvgIpc) is 2.92. The van der Waals surface area contributed by atoms with Crippen molar-refractivity contribution in [2.24, 2.45) is 23.5 Å². The smallest absolute Gasteiger partial charge is 0.239 e. The fourth-order valence-electron chi connectivity index (χ4n) is 3.52. The molecule has 4 unspecified atom stereocenters. The molecule has 0 radical (unpaired) electrons. The molecule has 3 aliphatic carbocycles. The van der Waals surface area contributed by atoms with Crippen LogP contribution in [0.1, 0.15) is 32.1 Å². The van der Waals surface area contributed by atoms with Crippen molar-refractivity contribution in [2.45, 2.75) is 44.2 Å². The van der Waals surface area contributed by atoms with Gasteiger partial charge in [0, 0.05) is 12.1 Å². The van der Waals surface area contributed by atoms with Gasteiger partial charge in [0.1, 0.15) is 0 Å². The van der Waals surface area contributed by atoms with E-state index in [0.717, 1.165) is 32.1 Å². The molecule has 100 valence electrons. The molecular weight excluding hydrogens is 230 g/mol. The number of carbonyl (C=O) groups excluding carboxylic acids is 2. The first-order valence-corrected chi connectivity index (χ1v) is 6.98. The standard InChI is InChI=1S/C13H21N3O2/c14-12-8-2-1-7(5-8)11(12)13(18)15-6-10(17)16-9-3-4-9/h7-9,11-12H,1-6,14H2,(H,15,18)(H,16,17). The molecular formula is C13H21N3O2. The van der Waals surface area contributed by atoms with Gasteiger partial charge in [-0.15, -0.1) is 0 Å². The lowest BCUT2D eigenvalue weighted by molar-refractivity contribution is -0.130. The first-order valence-electron chi connectivity index (χ1n) is 6.98. The van der Waals surface area contributed by atoms with Crippen LogP contribution in [0, 0.1) is 17.8 Å². The van der Waals surface area contributed by atoms with Gasteiger partial charge in [0.15, 0.2) is 0 Å². The van der Waals surface area contributed by atoms with E-state index >= 15 is 0 Å². The van der Waals surface area contributed by atoms with Crippen LogP contribution in [0.4, 0.5) is 0 Å². The van der Waals surface area contributed by atoms with Gasteiger partial charge in [0.2, 0.25) is 11.8 Å². The quantitative estimate of drug-likeness (QED) is 0.644. The summed E-state index contributed by atoms with van der Waals surface area (Å²) in [6.07, 6.45) is 5.50. The summed E-state index contributed by atoms with van der Waals surface area (Å²) >= 11 is 0. The third kappa shape index (κ3) is 2.23. The van der Waals surface area contributed by atoms with E-state index in [9.17, 15) is 9.59 Å². The highest BCUT2D eigenvalue weighted by atomic mass is 16.2. The molecule has 5 nitrogen and oxygen atoms in total. The summed E-state index contributed by atoms with van der Waals surface area (Å²) in [6.45, 7) is 0.0932. The fourth-order valence-corrected chi connectivity index (χ4v) is 3.52. The Kier molecular flexibility index (Phi) is 3.01. The average molecular weight is 251 g/mol. The highest BCUT2D eigenvalue weighted by molar-refractivity contribution is 5.86. The molecule has 0 aromatic rings. The second kappa shape index (κ2) is 4.53. The van der Waals surface area contributed by atoms with Crippen LogP contribution in [0.3, 0.4) is 0 Å². The van der Waals surface area contributed by atoms with Crippen LogP contribution in [-0.4, -0.2) is 30.4 Å². The van der Waals surface area contributed by atoms with Gasteiger partial charge in [-0.25, -0.2) is 0 Å². The van der Waals surface area contributed by atoms with E-state index in [1.165, 1.54) is 0 Å². The second-order valence-corrected chi connectivity index (χ2v) is 6.00. The molecule has 0 saturated heterocycles. The van der Waals surface area contributed by atoms with Crippen molar-refractivity contribution in [2.75, 3.05) is 6.54 Å². The lowest BCUT2D eigenvalue weighted by Crippen LogP contribution is -2.47. The number of hydrogen-bond acceptors (Lipinski definition) is 3. The minimum Gasteiger partial charge on any atom is -0.352 e. The number of amides is 2. The Morgan fingerprint density at radius 1 is 1.11 bits per heavy atom. The molecule has 2 amide bonds. The number of fused-ring (bicyclic) bond motifs is 2. The first kappa shape index (κ1) is 12.0. The van der Waals surface area contributed by atoms with Gasteiger partial charge in [-0.1, -0.05) is 0 Å². The third-order valence-electron chi connectivity index (χ3n) is 4.65. The van der Waals surface area contributed by atoms with E-state index in [2.05, 4.69) is 10.6 Å². The van der Waals surface area contributed by atoms with Crippen LogP contribution in [0.2, 0.25) is 0 Å². The van der Waals surface area contributed by atoms with E-state index in [-0.39, 0.29) is 30.3 Å². The van der Waals surface area contributed by atoms with Gasteiger partial charge in [0.25, 0.3) is 0 Å². The van der Waals surface area contributed by atoms with Gasteiger partial charge in [-0.05, 0) is 43.9 Å². The summed E-state index contributed by atoms with van der Waals surface area (Å²) in [7, 11) is 0. The van der Waals surface area contributed by atoms with Gasteiger partial charge >= 0.3 is 0 Å². The molecule has 0 aromatic heterocycles. The van der Waals surface area contributed by atoms with E-state index in [1.54, 1.807) is 0 Å². The predicted molar refractivity (Wildman–Crippen MR) is 66.5 cm³/mol. The van der Waals surface area contributed by atoms with Gasteiger partial charge < -0.3 is 16.4 Å². The molecule has 0 aliphatic heterocycles. The van der Waals surface area contributed by atoms with Crippen molar-refractivity contribution in [1.82, 2.24) is 10.6 Å². The van der Waals surface area contributed by atoms with Crippen molar-refractivity contribution < 1.29 is 9.59 Å². The molecule has 0 spiro atoms. The van der Waals surface area contributed by atoms with Crippen LogP contribution in [0.25, 0.3) is 0 Å². The predicted octanol–water partition coefficient (Wildman–Crippen LogP) is -0.245. The highest BCUT2D eigenvalue weighted by Crippen LogP contribution is 2.47. The summed E-state index contributed by atoms with van der Waals surface area (Å²) in [5.74, 6) is 0.781. The van der Waals surface area contributed by atoms with Gasteiger partial charge in [0.05, 0.1) is 12.5 Å². The molecule has 3 fully saturated rings. The minimum absolute atomic E-state index is 0.00440. The van der Waals surface area contributed by atoms with Crippen molar-refractivity contribution in [1.29, 1.82) is 0 Å². The maximum atomic E-state index is 12.1. The van der Waals surface area contributed by atoms with Gasteiger partial charge in [-0.3, -0.25) is 9.59 Å². The summed E-state index contributed by atoms with van der Waals surface area (Å²) in [5, 5.41) is 5.60. The number of nitrogens with two attached hydrogens (primary N) is 1. The van der Waals surface area contributed by atoms with Crippen molar-refractivity contribution in [3.05, 3.63) is 0 Å². The number of hydrogen-bond donors (Lipinski definition) is 3. The Hall–Kier alpha value is -1.10. The summed E-state index contributed by atoms with van der Waals surface area (Å²) in [5.41, 5.74) is 6.10. The maximum absolute atomic E-state index is 12.1. The third-order valence-corrected chi connectivity index (χ3v) is 4.65. The van der Waals surface area contributed by atoms with Crippen LogP contribution >= 0.6 is 0 Å². The van der Waals surface area contributed by atoms with Crippen molar-refractivity contribution in [3.63, 3.8) is 0 Å². The number of nitrogens with one attached hydrogen (secondary N) is 2. The Morgan fingerprint density at radius 2 is 1.83 bits per heavy atom. The molecule has 4 atom stereocenters. The second-order valence-electron chi connectivity index (χ2n) is 6.00. The van der Waals surface area contributed by atoms with E-state index in [4.69, 9.17) is 5.73 Å². The number of rotatable bonds is 4. The Bertz CT molecular complexity index is 365. The monoisotopic (exact) mass is 251 g/mol. The SMILES string of the molecule is NC1C2CCC(C2)C1C(=O)NCC(=O)NC1CC1. The molecule has 0 heterocycles. The Balaban J connectivity index is 1.47. The lowest BCUT2D eigenvalue weighted by atomic mass is 9.84. The minimum atomic E-state index is -0.0809. The summed E-state index contributed by atoms with van der Waals surface area (Å²) in [4.78, 5) is 23.6. The molecule has 4 N–H and O–H groups in total. The van der Waals surface area contributed by atoms with Crippen molar-refractivity contribution in [3.8, 4) is 0 Å². The molecule has 0 aromatic carbocycles. The molecule has 3 saturated carbocycles. The molecule has 5 heteroatoms. The molecule has 2 bridgehead atoms. The Morgan fingerprint density at radius 3 is 2.44 bits per heavy atom. The normalized spacial score (nSPS) is 37.6. The summed E-state index contributed by atoms with van der Waals surface area (Å²) in [6, 6.07) is 0.342.